The molecule has 0 saturated heterocycles. The Balaban J connectivity index is 1.70. The summed E-state index contributed by atoms with van der Waals surface area (Å²) >= 11 is 6.24. The van der Waals surface area contributed by atoms with E-state index in [1.807, 2.05) is 87.5 Å². The summed E-state index contributed by atoms with van der Waals surface area (Å²) in [5.41, 5.74) is 5.51. The molecule has 168 valence electrons. The molecule has 5 heteroatoms. The number of anilines is 2. The molecule has 0 aliphatic carbocycles. The van der Waals surface area contributed by atoms with Crippen LogP contribution in [0.5, 0.6) is 0 Å². The van der Waals surface area contributed by atoms with Crippen LogP contribution in [-0.4, -0.2) is 11.8 Å². The number of benzene rings is 4. The maximum atomic E-state index is 13.8. The summed E-state index contributed by atoms with van der Waals surface area (Å²) in [7, 11) is 0. The SMILES string of the molecule is Cc1ccc(C2=C(Nc3cccc4ccccc34)C(=O)N(c3cc(Cl)ccc3C)C2=O)cc1C. The number of aryl methyl sites for hydroxylation is 3. The fraction of sp³-hybridized carbons (Fsp3) is 0.103. The average molecular weight is 467 g/mol. The highest BCUT2D eigenvalue weighted by molar-refractivity contribution is 6.46. The lowest BCUT2D eigenvalue weighted by Crippen LogP contribution is -2.33. The van der Waals surface area contributed by atoms with Gasteiger partial charge in [-0.15, -0.1) is 0 Å². The summed E-state index contributed by atoms with van der Waals surface area (Å²) in [4.78, 5) is 28.8. The Morgan fingerprint density at radius 3 is 2.26 bits per heavy atom. The van der Waals surface area contributed by atoms with Crippen molar-refractivity contribution in [3.05, 3.63) is 112 Å². The highest BCUT2D eigenvalue weighted by Crippen LogP contribution is 2.37. The van der Waals surface area contributed by atoms with Gasteiger partial charge in [0.2, 0.25) is 0 Å². The second-order valence-corrected chi connectivity index (χ2v) is 9.01. The lowest BCUT2D eigenvalue weighted by molar-refractivity contribution is -0.120. The molecule has 5 rings (SSSR count). The number of rotatable bonds is 4. The van der Waals surface area contributed by atoms with Gasteiger partial charge in [-0.25, -0.2) is 4.90 Å². The summed E-state index contributed by atoms with van der Waals surface area (Å²) in [6.07, 6.45) is 0. The number of imide groups is 1. The van der Waals surface area contributed by atoms with Crippen LogP contribution in [0.25, 0.3) is 16.3 Å². The normalized spacial score (nSPS) is 13.8. The maximum Gasteiger partial charge on any atom is 0.282 e. The van der Waals surface area contributed by atoms with Crippen LogP contribution in [0.2, 0.25) is 5.02 Å². The van der Waals surface area contributed by atoms with Gasteiger partial charge >= 0.3 is 0 Å². The quantitative estimate of drug-likeness (QED) is 0.336. The predicted molar refractivity (Wildman–Crippen MR) is 139 cm³/mol. The van der Waals surface area contributed by atoms with Gasteiger partial charge in [0.25, 0.3) is 11.8 Å². The Labute approximate surface area is 203 Å². The van der Waals surface area contributed by atoms with Crippen molar-refractivity contribution in [1.82, 2.24) is 0 Å². The molecule has 0 saturated carbocycles. The number of nitrogens with one attached hydrogen (secondary N) is 1. The first-order valence-electron chi connectivity index (χ1n) is 11.1. The Morgan fingerprint density at radius 1 is 0.735 bits per heavy atom. The van der Waals surface area contributed by atoms with E-state index in [0.29, 0.717) is 21.8 Å². The molecule has 1 N–H and O–H groups in total. The first-order valence-corrected chi connectivity index (χ1v) is 11.4. The third-order valence-electron chi connectivity index (χ3n) is 6.34. The molecule has 2 amide bonds. The fourth-order valence-corrected chi connectivity index (χ4v) is 4.49. The lowest BCUT2D eigenvalue weighted by atomic mass is 9.99. The number of hydrogen-bond donors (Lipinski definition) is 1. The highest BCUT2D eigenvalue weighted by Gasteiger charge is 2.41. The zero-order chi connectivity index (χ0) is 24.0. The van der Waals surface area contributed by atoms with Gasteiger partial charge in [0.1, 0.15) is 5.70 Å². The van der Waals surface area contributed by atoms with Crippen molar-refractivity contribution in [2.45, 2.75) is 20.8 Å². The van der Waals surface area contributed by atoms with Crippen LogP contribution in [0.15, 0.2) is 84.6 Å². The molecule has 4 aromatic carbocycles. The van der Waals surface area contributed by atoms with Crippen LogP contribution in [-0.2, 0) is 9.59 Å². The molecule has 1 heterocycles. The molecule has 0 atom stereocenters. The molecule has 0 bridgehead atoms. The fourth-order valence-electron chi connectivity index (χ4n) is 4.32. The smallest absolute Gasteiger partial charge is 0.282 e. The Kier molecular flexibility index (Phi) is 5.46. The van der Waals surface area contributed by atoms with E-state index >= 15 is 0 Å². The second-order valence-electron chi connectivity index (χ2n) is 8.58. The average Bonchev–Trinajstić information content (AvgIpc) is 3.07. The molecular weight excluding hydrogens is 444 g/mol. The Morgan fingerprint density at radius 2 is 1.47 bits per heavy atom. The van der Waals surface area contributed by atoms with E-state index in [1.165, 1.54) is 4.90 Å². The molecular formula is C29H23ClN2O2. The minimum Gasteiger partial charge on any atom is -0.350 e. The van der Waals surface area contributed by atoms with Crippen molar-refractivity contribution >= 4 is 51.1 Å². The van der Waals surface area contributed by atoms with Crippen LogP contribution in [0.3, 0.4) is 0 Å². The number of amides is 2. The van der Waals surface area contributed by atoms with Crippen LogP contribution < -0.4 is 10.2 Å². The van der Waals surface area contributed by atoms with Gasteiger partial charge in [-0.2, -0.15) is 0 Å². The van der Waals surface area contributed by atoms with E-state index in [0.717, 1.165) is 33.2 Å². The van der Waals surface area contributed by atoms with E-state index in [-0.39, 0.29) is 11.6 Å². The van der Waals surface area contributed by atoms with Crippen LogP contribution in [0.1, 0.15) is 22.3 Å². The molecule has 0 fully saturated rings. The van der Waals surface area contributed by atoms with Crippen molar-refractivity contribution in [2.24, 2.45) is 0 Å². The van der Waals surface area contributed by atoms with Gasteiger partial charge in [-0.1, -0.05) is 72.3 Å². The van der Waals surface area contributed by atoms with E-state index in [9.17, 15) is 9.59 Å². The number of halogens is 1. The molecule has 1 aliphatic heterocycles. The maximum absolute atomic E-state index is 13.8. The zero-order valence-electron chi connectivity index (χ0n) is 19.1. The van der Waals surface area contributed by atoms with Gasteiger partial charge in [-0.05, 0) is 66.6 Å². The molecule has 4 nitrogen and oxygen atoms in total. The van der Waals surface area contributed by atoms with Gasteiger partial charge < -0.3 is 5.32 Å². The highest BCUT2D eigenvalue weighted by atomic mass is 35.5. The summed E-state index contributed by atoms with van der Waals surface area (Å²) in [6, 6.07) is 24.8. The summed E-state index contributed by atoms with van der Waals surface area (Å²) < 4.78 is 0. The van der Waals surface area contributed by atoms with E-state index in [1.54, 1.807) is 12.1 Å². The first kappa shape index (κ1) is 21.9. The van der Waals surface area contributed by atoms with Gasteiger partial charge in [0, 0.05) is 16.1 Å². The first-order chi connectivity index (χ1) is 16.3. The van der Waals surface area contributed by atoms with E-state index in [2.05, 4.69) is 5.32 Å². The number of carbonyl (C=O) groups excluding carboxylic acids is 2. The topological polar surface area (TPSA) is 49.4 Å². The van der Waals surface area contributed by atoms with Gasteiger partial charge in [-0.3, -0.25) is 9.59 Å². The lowest BCUT2D eigenvalue weighted by Gasteiger charge is -2.18. The zero-order valence-corrected chi connectivity index (χ0v) is 19.9. The summed E-state index contributed by atoms with van der Waals surface area (Å²) in [5, 5.41) is 5.79. The predicted octanol–water partition coefficient (Wildman–Crippen LogP) is 6.82. The van der Waals surface area contributed by atoms with Crippen molar-refractivity contribution in [3.63, 3.8) is 0 Å². The standard InChI is InChI=1S/C29H23ClN2O2/c1-17-11-13-21(15-19(17)3)26-27(31-24-10-6-8-20-7-4-5-9-23(20)24)29(34)32(28(26)33)25-16-22(30)14-12-18(25)2/h4-16,31H,1-3H3. The van der Waals surface area contributed by atoms with E-state index < -0.39 is 5.91 Å². The third-order valence-corrected chi connectivity index (χ3v) is 6.58. The molecule has 34 heavy (non-hydrogen) atoms. The van der Waals surface area contributed by atoms with Crippen LogP contribution >= 0.6 is 11.6 Å². The van der Waals surface area contributed by atoms with Gasteiger partial charge in [0.15, 0.2) is 0 Å². The van der Waals surface area contributed by atoms with Crippen LogP contribution in [0, 0.1) is 20.8 Å². The van der Waals surface area contributed by atoms with Crippen molar-refractivity contribution < 1.29 is 9.59 Å². The molecule has 0 aromatic heterocycles. The molecule has 4 aromatic rings. The summed E-state index contributed by atoms with van der Waals surface area (Å²) in [6.45, 7) is 5.88. The number of nitrogens with zero attached hydrogens (tertiary/aromatic N) is 1. The summed E-state index contributed by atoms with van der Waals surface area (Å²) in [5.74, 6) is -0.780. The molecule has 0 spiro atoms. The van der Waals surface area contributed by atoms with Gasteiger partial charge in [0.05, 0.1) is 11.3 Å². The molecule has 0 radical (unpaired) electrons. The number of fused-ring (bicyclic) bond motifs is 1. The van der Waals surface area contributed by atoms with E-state index in [4.69, 9.17) is 11.6 Å². The molecule has 1 aliphatic rings. The Hall–Kier alpha value is -3.89. The van der Waals surface area contributed by atoms with Crippen molar-refractivity contribution in [3.8, 4) is 0 Å². The minimum atomic E-state index is -0.406. The molecule has 0 unspecified atom stereocenters. The monoisotopic (exact) mass is 466 g/mol. The van der Waals surface area contributed by atoms with Crippen LogP contribution in [0.4, 0.5) is 11.4 Å². The largest absolute Gasteiger partial charge is 0.350 e. The third kappa shape index (κ3) is 3.66. The Bertz CT molecular complexity index is 1510. The van der Waals surface area contributed by atoms with Crippen molar-refractivity contribution in [2.75, 3.05) is 10.2 Å². The van der Waals surface area contributed by atoms with Crippen molar-refractivity contribution in [1.29, 1.82) is 0 Å². The minimum absolute atomic E-state index is 0.254. The number of carbonyl (C=O) groups is 2. The second kappa shape index (κ2) is 8.47. The number of hydrogen-bond acceptors (Lipinski definition) is 3.